The number of ether oxygens (including phenoxy) is 1. The molecule has 0 fully saturated rings. The van der Waals surface area contributed by atoms with Crippen LogP contribution in [0.4, 0.5) is 0 Å². The fourth-order valence-electron chi connectivity index (χ4n) is 2.24. The first-order valence-corrected chi connectivity index (χ1v) is 8.48. The Bertz CT molecular complexity index is 432. The number of nitrogens with one attached hydrogen (secondary N) is 2. The van der Waals surface area contributed by atoms with Gasteiger partial charge in [-0.1, -0.05) is 31.2 Å². The molecular formula is C18H31N3O. The molecule has 0 aliphatic carbocycles. The third-order valence-electron chi connectivity index (χ3n) is 3.46. The molecule has 0 aliphatic heterocycles. The Hall–Kier alpha value is -1.55. The molecule has 0 bridgehead atoms. The number of benzene rings is 1. The van der Waals surface area contributed by atoms with Gasteiger partial charge in [0.2, 0.25) is 0 Å². The van der Waals surface area contributed by atoms with Crippen molar-refractivity contribution in [3.8, 4) is 0 Å². The molecule has 0 heterocycles. The molecule has 1 aromatic rings. The van der Waals surface area contributed by atoms with Crippen molar-refractivity contribution < 1.29 is 4.74 Å². The molecule has 0 spiro atoms. The minimum Gasteiger partial charge on any atom is -0.382 e. The molecule has 0 saturated carbocycles. The Morgan fingerprint density at radius 1 is 1.05 bits per heavy atom. The molecule has 0 unspecified atom stereocenters. The molecule has 0 aliphatic rings. The van der Waals surface area contributed by atoms with Crippen LogP contribution >= 0.6 is 0 Å². The highest BCUT2D eigenvalue weighted by molar-refractivity contribution is 5.79. The van der Waals surface area contributed by atoms with Crippen molar-refractivity contribution >= 4 is 5.96 Å². The Morgan fingerprint density at radius 2 is 1.82 bits per heavy atom. The summed E-state index contributed by atoms with van der Waals surface area (Å²) in [5.74, 6) is 0.893. The summed E-state index contributed by atoms with van der Waals surface area (Å²) in [6.07, 6.45) is 3.22. The zero-order valence-electron chi connectivity index (χ0n) is 14.3. The highest BCUT2D eigenvalue weighted by Crippen LogP contribution is 2.10. The lowest BCUT2D eigenvalue weighted by molar-refractivity contribution is 0.143. The summed E-state index contributed by atoms with van der Waals surface area (Å²) in [4.78, 5) is 4.69. The van der Waals surface area contributed by atoms with E-state index < -0.39 is 0 Å². The second kappa shape index (κ2) is 12.0. The van der Waals surface area contributed by atoms with Gasteiger partial charge in [0.15, 0.2) is 5.96 Å². The van der Waals surface area contributed by atoms with Crippen molar-refractivity contribution in [1.29, 1.82) is 0 Å². The first kappa shape index (κ1) is 18.5. The van der Waals surface area contributed by atoms with Crippen molar-refractivity contribution in [2.24, 2.45) is 4.99 Å². The van der Waals surface area contributed by atoms with E-state index in [0.29, 0.717) is 0 Å². The molecule has 0 radical (unpaired) electrons. The van der Waals surface area contributed by atoms with Crippen LogP contribution in [0.2, 0.25) is 0 Å². The fourth-order valence-corrected chi connectivity index (χ4v) is 2.24. The van der Waals surface area contributed by atoms with Crippen LogP contribution in [0.5, 0.6) is 0 Å². The number of guanidine groups is 1. The lowest BCUT2D eigenvalue weighted by Gasteiger charge is -2.12. The summed E-state index contributed by atoms with van der Waals surface area (Å²) in [5, 5.41) is 6.69. The van der Waals surface area contributed by atoms with Crippen LogP contribution in [-0.4, -0.2) is 32.3 Å². The van der Waals surface area contributed by atoms with Crippen molar-refractivity contribution in [3.05, 3.63) is 35.4 Å². The second-order valence-corrected chi connectivity index (χ2v) is 5.15. The van der Waals surface area contributed by atoms with Crippen molar-refractivity contribution in [1.82, 2.24) is 10.6 Å². The average molecular weight is 305 g/mol. The molecule has 0 aromatic heterocycles. The summed E-state index contributed by atoms with van der Waals surface area (Å²) in [6, 6.07) is 8.51. The van der Waals surface area contributed by atoms with Gasteiger partial charge in [-0.3, -0.25) is 0 Å². The SMILES string of the molecule is CCNC(=NCc1ccccc1CC)NCCCCOCC. The molecule has 4 heteroatoms. The Kier molecular flexibility index (Phi) is 10.1. The second-order valence-electron chi connectivity index (χ2n) is 5.15. The third kappa shape index (κ3) is 7.46. The quantitative estimate of drug-likeness (QED) is 0.396. The van der Waals surface area contributed by atoms with E-state index in [2.05, 4.69) is 53.7 Å². The van der Waals surface area contributed by atoms with Gasteiger partial charge in [0, 0.05) is 26.3 Å². The van der Waals surface area contributed by atoms with Crippen LogP contribution < -0.4 is 10.6 Å². The molecule has 22 heavy (non-hydrogen) atoms. The maximum absolute atomic E-state index is 5.35. The van der Waals surface area contributed by atoms with E-state index >= 15 is 0 Å². The Morgan fingerprint density at radius 3 is 2.50 bits per heavy atom. The summed E-state index contributed by atoms with van der Waals surface area (Å²) in [6.45, 7) is 10.5. The van der Waals surface area contributed by atoms with Crippen molar-refractivity contribution in [3.63, 3.8) is 0 Å². The third-order valence-corrected chi connectivity index (χ3v) is 3.46. The van der Waals surface area contributed by atoms with Crippen LogP contribution in [0, 0.1) is 0 Å². The number of hydrogen-bond donors (Lipinski definition) is 2. The van der Waals surface area contributed by atoms with Gasteiger partial charge < -0.3 is 15.4 Å². The Balaban J connectivity index is 2.44. The highest BCUT2D eigenvalue weighted by atomic mass is 16.5. The van der Waals surface area contributed by atoms with Gasteiger partial charge in [-0.05, 0) is 44.2 Å². The lowest BCUT2D eigenvalue weighted by Crippen LogP contribution is -2.37. The average Bonchev–Trinajstić information content (AvgIpc) is 2.56. The molecule has 4 nitrogen and oxygen atoms in total. The monoisotopic (exact) mass is 305 g/mol. The lowest BCUT2D eigenvalue weighted by atomic mass is 10.1. The van der Waals surface area contributed by atoms with Gasteiger partial charge in [-0.15, -0.1) is 0 Å². The molecular weight excluding hydrogens is 274 g/mol. The molecule has 0 atom stereocenters. The van der Waals surface area contributed by atoms with Crippen molar-refractivity contribution in [2.75, 3.05) is 26.3 Å². The molecule has 2 N–H and O–H groups in total. The van der Waals surface area contributed by atoms with Crippen LogP contribution in [0.15, 0.2) is 29.3 Å². The van der Waals surface area contributed by atoms with E-state index in [1.54, 1.807) is 0 Å². The molecule has 0 saturated heterocycles. The van der Waals surface area contributed by atoms with Gasteiger partial charge in [0.05, 0.1) is 6.54 Å². The number of unbranched alkanes of at least 4 members (excludes halogenated alkanes) is 1. The van der Waals surface area contributed by atoms with Gasteiger partial charge in [-0.2, -0.15) is 0 Å². The molecule has 124 valence electrons. The highest BCUT2D eigenvalue weighted by Gasteiger charge is 2.00. The summed E-state index contributed by atoms with van der Waals surface area (Å²) < 4.78 is 5.35. The first-order chi connectivity index (χ1) is 10.8. The van der Waals surface area contributed by atoms with Crippen LogP contribution in [0.3, 0.4) is 0 Å². The molecule has 0 amide bonds. The van der Waals surface area contributed by atoms with E-state index in [0.717, 1.165) is 58.1 Å². The maximum Gasteiger partial charge on any atom is 0.191 e. The van der Waals surface area contributed by atoms with E-state index in [-0.39, 0.29) is 0 Å². The predicted molar refractivity (Wildman–Crippen MR) is 94.4 cm³/mol. The number of nitrogens with zero attached hydrogens (tertiary/aromatic N) is 1. The summed E-state index contributed by atoms with van der Waals surface area (Å²) in [7, 11) is 0. The maximum atomic E-state index is 5.35. The topological polar surface area (TPSA) is 45.7 Å². The Labute approximate surface area is 135 Å². The zero-order chi connectivity index (χ0) is 16.0. The van der Waals surface area contributed by atoms with Gasteiger partial charge in [0.1, 0.15) is 0 Å². The van der Waals surface area contributed by atoms with Gasteiger partial charge >= 0.3 is 0 Å². The number of rotatable bonds is 10. The van der Waals surface area contributed by atoms with Gasteiger partial charge in [-0.25, -0.2) is 4.99 Å². The predicted octanol–water partition coefficient (Wildman–Crippen LogP) is 3.12. The van der Waals surface area contributed by atoms with E-state index in [1.807, 2.05) is 6.92 Å². The molecule has 1 rings (SSSR count). The largest absolute Gasteiger partial charge is 0.382 e. The van der Waals surface area contributed by atoms with Crippen LogP contribution in [0.1, 0.15) is 44.7 Å². The molecule has 1 aromatic carbocycles. The van der Waals surface area contributed by atoms with Crippen LogP contribution in [0.25, 0.3) is 0 Å². The number of hydrogen-bond acceptors (Lipinski definition) is 2. The van der Waals surface area contributed by atoms with E-state index in [4.69, 9.17) is 4.74 Å². The minimum absolute atomic E-state index is 0.721. The normalized spacial score (nSPS) is 11.5. The standard InChI is InChI=1S/C18H31N3O/c1-4-16-11-7-8-12-17(16)15-21-18(19-5-2)20-13-9-10-14-22-6-3/h7-8,11-12H,4-6,9-10,13-15H2,1-3H3,(H2,19,20,21). The zero-order valence-corrected chi connectivity index (χ0v) is 14.3. The van der Waals surface area contributed by atoms with Crippen molar-refractivity contribution in [2.45, 2.75) is 46.6 Å². The first-order valence-electron chi connectivity index (χ1n) is 8.48. The summed E-state index contributed by atoms with van der Waals surface area (Å²) in [5.41, 5.74) is 2.68. The smallest absolute Gasteiger partial charge is 0.191 e. The number of aryl methyl sites for hydroxylation is 1. The van der Waals surface area contributed by atoms with E-state index in [9.17, 15) is 0 Å². The van der Waals surface area contributed by atoms with Gasteiger partial charge in [0.25, 0.3) is 0 Å². The minimum atomic E-state index is 0.721. The summed E-state index contributed by atoms with van der Waals surface area (Å²) >= 11 is 0. The number of aliphatic imine (C=N–C) groups is 1. The van der Waals surface area contributed by atoms with Crippen LogP contribution in [-0.2, 0) is 17.7 Å². The fraction of sp³-hybridized carbons (Fsp3) is 0.611. The van der Waals surface area contributed by atoms with E-state index in [1.165, 1.54) is 11.1 Å².